The summed E-state index contributed by atoms with van der Waals surface area (Å²) < 4.78 is 62.7. The van der Waals surface area contributed by atoms with Crippen molar-refractivity contribution in [3.63, 3.8) is 0 Å². The van der Waals surface area contributed by atoms with Crippen LogP contribution in [0, 0.1) is 0 Å². The third-order valence-electron chi connectivity index (χ3n) is 3.95. The highest BCUT2D eigenvalue weighted by molar-refractivity contribution is 14.0. The van der Waals surface area contributed by atoms with Gasteiger partial charge in [0.15, 0.2) is 5.96 Å². The number of guanidine groups is 1. The van der Waals surface area contributed by atoms with Gasteiger partial charge in [0.2, 0.25) is 10.0 Å². The highest BCUT2D eigenvalue weighted by atomic mass is 127. The monoisotopic (exact) mass is 506 g/mol. The van der Waals surface area contributed by atoms with Gasteiger partial charge in [-0.3, -0.25) is 0 Å². The lowest BCUT2D eigenvalue weighted by atomic mass is 10.1. The molecule has 1 aliphatic heterocycles. The number of halogens is 4. The van der Waals surface area contributed by atoms with Crippen LogP contribution in [0.25, 0.3) is 0 Å². The van der Waals surface area contributed by atoms with Crippen molar-refractivity contribution in [1.82, 2.24) is 9.62 Å². The molecule has 2 rings (SSSR count). The van der Waals surface area contributed by atoms with Crippen LogP contribution in [0.15, 0.2) is 29.3 Å². The Morgan fingerprint density at radius 3 is 2.73 bits per heavy atom. The molecule has 0 saturated carbocycles. The van der Waals surface area contributed by atoms with Gasteiger partial charge in [-0.2, -0.15) is 17.5 Å². The van der Waals surface area contributed by atoms with Gasteiger partial charge in [-0.25, -0.2) is 13.4 Å². The van der Waals surface area contributed by atoms with E-state index >= 15 is 0 Å². The maximum Gasteiger partial charge on any atom is 0.416 e. The first kappa shape index (κ1) is 23.0. The molecule has 26 heavy (non-hydrogen) atoms. The third kappa shape index (κ3) is 6.58. The Morgan fingerprint density at radius 2 is 2.12 bits per heavy atom. The third-order valence-corrected chi connectivity index (χ3v) is 5.29. The summed E-state index contributed by atoms with van der Waals surface area (Å²) in [5.74, 6) is 0.0674. The first-order valence-corrected chi connectivity index (χ1v) is 9.59. The second kappa shape index (κ2) is 9.22. The van der Waals surface area contributed by atoms with E-state index in [2.05, 4.69) is 10.3 Å². The van der Waals surface area contributed by atoms with Crippen LogP contribution in [0.2, 0.25) is 0 Å². The van der Waals surface area contributed by atoms with Crippen molar-refractivity contribution in [2.75, 3.05) is 19.3 Å². The van der Waals surface area contributed by atoms with Crippen molar-refractivity contribution in [1.29, 1.82) is 0 Å². The van der Waals surface area contributed by atoms with Gasteiger partial charge in [0, 0.05) is 19.1 Å². The molecule has 1 aliphatic rings. The van der Waals surface area contributed by atoms with Gasteiger partial charge >= 0.3 is 6.18 Å². The Balaban J connectivity index is 0.00000338. The van der Waals surface area contributed by atoms with Gasteiger partial charge in [0.1, 0.15) is 0 Å². The smallest absolute Gasteiger partial charge is 0.370 e. The number of nitrogens with zero attached hydrogens (tertiary/aromatic N) is 2. The fraction of sp³-hybridized carbons (Fsp3) is 0.533. The molecule has 3 N–H and O–H groups in total. The van der Waals surface area contributed by atoms with Gasteiger partial charge < -0.3 is 11.1 Å². The van der Waals surface area contributed by atoms with Crippen LogP contribution >= 0.6 is 24.0 Å². The Kier molecular flexibility index (Phi) is 8.14. The van der Waals surface area contributed by atoms with Crippen LogP contribution in [0.4, 0.5) is 13.2 Å². The standard InChI is InChI=1S/C15H21F3N4O2S.HI/c1-25(23,24)22-7-3-6-13(22)10-21-14(19)20-9-11-4-2-5-12(8-11)15(16,17)18;/h2,4-5,8,13H,3,6-7,9-10H2,1H3,(H3,19,20,21);1H/t13-;/m1./s1. The number of rotatable bonds is 5. The number of hydrogen-bond donors (Lipinski definition) is 2. The van der Waals surface area contributed by atoms with Crippen LogP contribution < -0.4 is 11.1 Å². The van der Waals surface area contributed by atoms with E-state index in [0.29, 0.717) is 18.7 Å². The summed E-state index contributed by atoms with van der Waals surface area (Å²) in [7, 11) is -3.27. The second-order valence-corrected chi connectivity index (χ2v) is 7.89. The van der Waals surface area contributed by atoms with Crippen molar-refractivity contribution >= 4 is 40.0 Å². The molecule has 0 aliphatic carbocycles. The van der Waals surface area contributed by atoms with Gasteiger partial charge in [-0.15, -0.1) is 24.0 Å². The van der Waals surface area contributed by atoms with Crippen molar-refractivity contribution in [2.24, 2.45) is 10.7 Å². The molecule has 1 heterocycles. The minimum absolute atomic E-state index is 0. The van der Waals surface area contributed by atoms with E-state index in [-0.39, 0.29) is 42.5 Å². The predicted molar refractivity (Wildman–Crippen MR) is 105 cm³/mol. The van der Waals surface area contributed by atoms with E-state index in [4.69, 9.17) is 5.73 Å². The Bertz CT molecular complexity index is 741. The lowest BCUT2D eigenvalue weighted by Crippen LogP contribution is -2.44. The van der Waals surface area contributed by atoms with Crippen molar-refractivity contribution in [3.8, 4) is 0 Å². The quantitative estimate of drug-likeness (QED) is 0.364. The fourth-order valence-electron chi connectivity index (χ4n) is 2.75. The summed E-state index contributed by atoms with van der Waals surface area (Å²) in [6.45, 7) is 0.792. The van der Waals surface area contributed by atoms with Crippen LogP contribution in [0.3, 0.4) is 0 Å². The first-order chi connectivity index (χ1) is 11.6. The van der Waals surface area contributed by atoms with E-state index < -0.39 is 21.8 Å². The van der Waals surface area contributed by atoms with Gasteiger partial charge in [0.25, 0.3) is 0 Å². The summed E-state index contributed by atoms with van der Waals surface area (Å²) in [5, 5.41) is 2.84. The molecule has 1 aromatic rings. The summed E-state index contributed by atoms with van der Waals surface area (Å²) in [6.07, 6.45) is -1.74. The Morgan fingerprint density at radius 1 is 1.42 bits per heavy atom. The zero-order chi connectivity index (χ0) is 18.7. The molecule has 1 atom stereocenters. The Labute approximate surface area is 168 Å². The van der Waals surface area contributed by atoms with Crippen LogP contribution in [-0.2, 0) is 22.7 Å². The summed E-state index contributed by atoms with van der Waals surface area (Å²) in [4.78, 5) is 4.01. The lowest BCUT2D eigenvalue weighted by molar-refractivity contribution is -0.137. The molecule has 1 saturated heterocycles. The number of nitrogens with one attached hydrogen (secondary N) is 1. The highest BCUT2D eigenvalue weighted by Gasteiger charge is 2.31. The van der Waals surface area contributed by atoms with Crippen molar-refractivity contribution in [3.05, 3.63) is 35.4 Å². The number of alkyl halides is 3. The average molecular weight is 506 g/mol. The van der Waals surface area contributed by atoms with Crippen LogP contribution in [-0.4, -0.2) is 44.1 Å². The zero-order valence-electron chi connectivity index (χ0n) is 14.2. The molecule has 1 fully saturated rings. The van der Waals surface area contributed by atoms with E-state index in [1.54, 1.807) is 0 Å². The van der Waals surface area contributed by atoms with E-state index in [1.165, 1.54) is 16.4 Å². The largest absolute Gasteiger partial charge is 0.416 e. The van der Waals surface area contributed by atoms with Gasteiger partial charge in [-0.05, 0) is 30.5 Å². The minimum Gasteiger partial charge on any atom is -0.370 e. The molecule has 0 amide bonds. The second-order valence-electron chi connectivity index (χ2n) is 5.95. The van der Waals surface area contributed by atoms with E-state index in [0.717, 1.165) is 31.2 Å². The Hall–Kier alpha value is -1.08. The topological polar surface area (TPSA) is 87.8 Å². The number of benzene rings is 1. The molecule has 0 spiro atoms. The van der Waals surface area contributed by atoms with Crippen LogP contribution in [0.1, 0.15) is 24.0 Å². The minimum atomic E-state index is -4.40. The van der Waals surface area contributed by atoms with Crippen molar-refractivity contribution < 1.29 is 21.6 Å². The SMILES string of the molecule is CS(=O)(=O)N1CCC[C@@H]1CNC(N)=NCc1cccc(C(F)(F)F)c1.I. The molecule has 1 aromatic carbocycles. The molecule has 0 bridgehead atoms. The van der Waals surface area contributed by atoms with E-state index in [1.807, 2.05) is 0 Å². The highest BCUT2D eigenvalue weighted by Crippen LogP contribution is 2.29. The zero-order valence-corrected chi connectivity index (χ0v) is 17.3. The summed E-state index contributed by atoms with van der Waals surface area (Å²) >= 11 is 0. The molecule has 148 valence electrons. The summed E-state index contributed by atoms with van der Waals surface area (Å²) in [5.41, 5.74) is 5.38. The molecule has 0 aromatic heterocycles. The number of hydrogen-bond acceptors (Lipinski definition) is 3. The number of nitrogens with two attached hydrogens (primary N) is 1. The molecular formula is C15H22F3IN4O2S. The normalized spacial score (nSPS) is 19.2. The lowest BCUT2D eigenvalue weighted by Gasteiger charge is -2.22. The molecule has 0 radical (unpaired) electrons. The molecule has 11 heteroatoms. The fourth-order valence-corrected chi connectivity index (χ4v) is 3.93. The molecule has 6 nitrogen and oxygen atoms in total. The molecule has 0 unspecified atom stereocenters. The van der Waals surface area contributed by atoms with E-state index in [9.17, 15) is 21.6 Å². The maximum atomic E-state index is 12.7. The molecular weight excluding hydrogens is 484 g/mol. The number of sulfonamides is 1. The van der Waals surface area contributed by atoms with Gasteiger partial charge in [-0.1, -0.05) is 12.1 Å². The van der Waals surface area contributed by atoms with Gasteiger partial charge in [0.05, 0.1) is 18.4 Å². The first-order valence-electron chi connectivity index (χ1n) is 7.74. The summed E-state index contributed by atoms with van der Waals surface area (Å²) in [6, 6.07) is 4.68. The van der Waals surface area contributed by atoms with Crippen molar-refractivity contribution in [2.45, 2.75) is 31.6 Å². The predicted octanol–water partition coefficient (Wildman–Crippen LogP) is 2.15. The van der Waals surface area contributed by atoms with Crippen LogP contribution in [0.5, 0.6) is 0 Å². The maximum absolute atomic E-state index is 12.7. The average Bonchev–Trinajstić information content (AvgIpc) is 2.99. The number of aliphatic imine (C=N–C) groups is 1.